The summed E-state index contributed by atoms with van der Waals surface area (Å²) in [5.41, 5.74) is 0.495. The molecule has 0 N–H and O–H groups in total. The van der Waals surface area contributed by atoms with E-state index in [-0.39, 0.29) is 19.6 Å². The van der Waals surface area contributed by atoms with E-state index in [1.165, 1.54) is 4.31 Å². The third-order valence-electron chi connectivity index (χ3n) is 2.90. The number of fused-ring (bicyclic) bond motifs is 1. The summed E-state index contributed by atoms with van der Waals surface area (Å²) in [6.07, 6.45) is 0.615. The van der Waals surface area contributed by atoms with Crippen molar-refractivity contribution in [2.24, 2.45) is 0 Å². The summed E-state index contributed by atoms with van der Waals surface area (Å²) >= 11 is 0. The Bertz CT molecular complexity index is 599. The van der Waals surface area contributed by atoms with Crippen molar-refractivity contribution in [3.63, 3.8) is 0 Å². The van der Waals surface area contributed by atoms with E-state index in [4.69, 9.17) is 9.47 Å². The highest BCUT2D eigenvalue weighted by Gasteiger charge is 2.32. The molecule has 2 rings (SSSR count). The van der Waals surface area contributed by atoms with Crippen LogP contribution in [0.15, 0.2) is 24.3 Å². The number of para-hydroxylation sites is 2. The van der Waals surface area contributed by atoms with Gasteiger partial charge in [0, 0.05) is 0 Å². The molecule has 110 valence electrons. The molecule has 1 atom stereocenters. The standard InChI is InChI=1S/C13H17NO5S/c1-3-18-13(15)8-10-9-14(20(2,16)17)11-6-4-5-7-12(11)19-10/h4-7,10H,3,8-9H2,1-2H3. The lowest BCUT2D eigenvalue weighted by Gasteiger charge is -2.34. The summed E-state index contributed by atoms with van der Waals surface area (Å²) < 4.78 is 35.5. The van der Waals surface area contributed by atoms with Gasteiger partial charge in [0.05, 0.1) is 31.5 Å². The fourth-order valence-electron chi connectivity index (χ4n) is 2.09. The Morgan fingerprint density at radius 3 is 2.80 bits per heavy atom. The Balaban J connectivity index is 2.25. The second kappa shape index (κ2) is 5.70. The van der Waals surface area contributed by atoms with Crippen LogP contribution in [0.5, 0.6) is 5.75 Å². The largest absolute Gasteiger partial charge is 0.486 e. The minimum absolute atomic E-state index is 0.0220. The molecule has 20 heavy (non-hydrogen) atoms. The monoisotopic (exact) mass is 299 g/mol. The molecule has 1 aromatic rings. The lowest BCUT2D eigenvalue weighted by atomic mass is 10.2. The van der Waals surface area contributed by atoms with Gasteiger partial charge in [0.15, 0.2) is 0 Å². The van der Waals surface area contributed by atoms with Crippen molar-refractivity contribution in [2.75, 3.05) is 23.7 Å². The Morgan fingerprint density at radius 1 is 1.45 bits per heavy atom. The average Bonchev–Trinajstić information content (AvgIpc) is 2.37. The zero-order valence-electron chi connectivity index (χ0n) is 11.4. The third-order valence-corrected chi connectivity index (χ3v) is 4.04. The second-order valence-corrected chi connectivity index (χ2v) is 6.42. The van der Waals surface area contributed by atoms with Gasteiger partial charge in [-0.05, 0) is 19.1 Å². The first-order valence-corrected chi connectivity index (χ1v) is 8.15. The fraction of sp³-hybridized carbons (Fsp3) is 0.462. The number of anilines is 1. The molecule has 1 unspecified atom stereocenters. The Hall–Kier alpha value is -1.76. The van der Waals surface area contributed by atoms with Crippen LogP contribution in [-0.2, 0) is 19.6 Å². The van der Waals surface area contributed by atoms with E-state index >= 15 is 0 Å². The van der Waals surface area contributed by atoms with E-state index in [9.17, 15) is 13.2 Å². The van der Waals surface area contributed by atoms with Crippen LogP contribution < -0.4 is 9.04 Å². The molecule has 0 spiro atoms. The van der Waals surface area contributed by atoms with Crippen molar-refractivity contribution in [1.82, 2.24) is 0 Å². The van der Waals surface area contributed by atoms with E-state index < -0.39 is 22.1 Å². The lowest BCUT2D eigenvalue weighted by molar-refractivity contribution is -0.144. The van der Waals surface area contributed by atoms with Crippen molar-refractivity contribution < 1.29 is 22.7 Å². The molecule has 1 heterocycles. The molecule has 6 nitrogen and oxygen atoms in total. The van der Waals surface area contributed by atoms with Gasteiger partial charge in [0.25, 0.3) is 0 Å². The van der Waals surface area contributed by atoms with E-state index in [0.29, 0.717) is 11.4 Å². The van der Waals surface area contributed by atoms with E-state index in [0.717, 1.165) is 6.26 Å². The molecule has 7 heteroatoms. The molecule has 0 bridgehead atoms. The van der Waals surface area contributed by atoms with Gasteiger partial charge in [0.1, 0.15) is 11.9 Å². The summed E-state index contributed by atoms with van der Waals surface area (Å²) in [5, 5.41) is 0. The summed E-state index contributed by atoms with van der Waals surface area (Å²) in [4.78, 5) is 11.5. The van der Waals surface area contributed by atoms with Crippen molar-refractivity contribution in [2.45, 2.75) is 19.4 Å². The number of hydrogen-bond donors (Lipinski definition) is 0. The van der Waals surface area contributed by atoms with Gasteiger partial charge < -0.3 is 9.47 Å². The van der Waals surface area contributed by atoms with Crippen LogP contribution in [0, 0.1) is 0 Å². The molecule has 1 aliphatic rings. The molecule has 0 aromatic heterocycles. The summed E-state index contributed by atoms with van der Waals surface area (Å²) in [6.45, 7) is 2.12. The zero-order valence-corrected chi connectivity index (χ0v) is 12.2. The fourth-order valence-corrected chi connectivity index (χ4v) is 3.03. The number of benzene rings is 1. The molecular weight excluding hydrogens is 282 g/mol. The second-order valence-electron chi connectivity index (χ2n) is 4.51. The highest BCUT2D eigenvalue weighted by Crippen LogP contribution is 2.35. The number of sulfonamides is 1. The van der Waals surface area contributed by atoms with Crippen molar-refractivity contribution in [3.8, 4) is 5.75 Å². The molecule has 1 aromatic carbocycles. The maximum atomic E-state index is 11.9. The Labute approximate surface area is 118 Å². The maximum absolute atomic E-state index is 11.9. The first-order chi connectivity index (χ1) is 9.41. The Kier molecular flexibility index (Phi) is 4.17. The lowest BCUT2D eigenvalue weighted by Crippen LogP contribution is -2.44. The van der Waals surface area contributed by atoms with Crippen LogP contribution in [0.25, 0.3) is 0 Å². The van der Waals surface area contributed by atoms with Crippen LogP contribution in [0.1, 0.15) is 13.3 Å². The van der Waals surface area contributed by atoms with Crippen LogP contribution in [-0.4, -0.2) is 39.9 Å². The minimum Gasteiger partial charge on any atom is -0.486 e. The number of carbonyl (C=O) groups is 1. The molecule has 0 aliphatic carbocycles. The van der Waals surface area contributed by atoms with Crippen LogP contribution >= 0.6 is 0 Å². The van der Waals surface area contributed by atoms with Gasteiger partial charge >= 0.3 is 5.97 Å². The highest BCUT2D eigenvalue weighted by molar-refractivity contribution is 7.92. The number of carbonyl (C=O) groups excluding carboxylic acids is 1. The quantitative estimate of drug-likeness (QED) is 0.780. The average molecular weight is 299 g/mol. The van der Waals surface area contributed by atoms with Gasteiger partial charge in [-0.3, -0.25) is 9.10 Å². The number of nitrogens with zero attached hydrogens (tertiary/aromatic N) is 1. The van der Waals surface area contributed by atoms with Gasteiger partial charge in [-0.15, -0.1) is 0 Å². The van der Waals surface area contributed by atoms with E-state index in [1.54, 1.807) is 31.2 Å². The number of esters is 1. The Morgan fingerprint density at radius 2 is 2.15 bits per heavy atom. The number of rotatable bonds is 4. The predicted octanol–water partition coefficient (Wildman–Crippen LogP) is 1.17. The smallest absolute Gasteiger partial charge is 0.309 e. The molecule has 0 amide bonds. The van der Waals surface area contributed by atoms with Crippen LogP contribution in [0.4, 0.5) is 5.69 Å². The van der Waals surface area contributed by atoms with Gasteiger partial charge in [-0.1, -0.05) is 12.1 Å². The van der Waals surface area contributed by atoms with Crippen molar-refractivity contribution in [1.29, 1.82) is 0 Å². The van der Waals surface area contributed by atoms with Gasteiger partial charge in [0.2, 0.25) is 10.0 Å². The molecule has 0 radical (unpaired) electrons. The van der Waals surface area contributed by atoms with Crippen LogP contribution in [0.2, 0.25) is 0 Å². The minimum atomic E-state index is -3.42. The first-order valence-electron chi connectivity index (χ1n) is 6.31. The SMILES string of the molecule is CCOC(=O)CC1CN(S(C)(=O)=O)c2ccccc2O1. The van der Waals surface area contributed by atoms with Gasteiger partial charge in [-0.2, -0.15) is 0 Å². The summed E-state index contributed by atoms with van der Waals surface area (Å²) in [5.74, 6) is 0.0591. The maximum Gasteiger partial charge on any atom is 0.309 e. The summed E-state index contributed by atoms with van der Waals surface area (Å²) in [6, 6.07) is 6.86. The van der Waals surface area contributed by atoms with Crippen LogP contribution in [0.3, 0.4) is 0 Å². The summed E-state index contributed by atoms with van der Waals surface area (Å²) in [7, 11) is -3.42. The normalized spacial score (nSPS) is 18.1. The predicted molar refractivity (Wildman–Crippen MR) is 74.3 cm³/mol. The molecule has 0 saturated carbocycles. The van der Waals surface area contributed by atoms with Crippen molar-refractivity contribution in [3.05, 3.63) is 24.3 Å². The van der Waals surface area contributed by atoms with Gasteiger partial charge in [-0.25, -0.2) is 8.42 Å². The topological polar surface area (TPSA) is 72.9 Å². The number of ether oxygens (including phenoxy) is 2. The van der Waals surface area contributed by atoms with E-state index in [1.807, 2.05) is 0 Å². The van der Waals surface area contributed by atoms with E-state index in [2.05, 4.69) is 0 Å². The molecule has 0 fully saturated rings. The number of hydrogen-bond acceptors (Lipinski definition) is 5. The first kappa shape index (κ1) is 14.6. The highest BCUT2D eigenvalue weighted by atomic mass is 32.2. The molecular formula is C13H17NO5S. The van der Waals surface area contributed by atoms with Crippen molar-refractivity contribution >= 4 is 21.7 Å². The molecule has 0 saturated heterocycles. The third kappa shape index (κ3) is 3.22. The molecule has 1 aliphatic heterocycles. The zero-order chi connectivity index (χ0) is 14.8.